The van der Waals surface area contributed by atoms with E-state index in [1.807, 2.05) is 0 Å². The van der Waals surface area contributed by atoms with Crippen LogP contribution in [0.2, 0.25) is 10.0 Å². The van der Waals surface area contributed by atoms with Crippen LogP contribution in [0.15, 0.2) is 24.3 Å². The Morgan fingerprint density at radius 3 is 2.55 bits per heavy atom. The first-order chi connectivity index (χ1) is 10.3. The van der Waals surface area contributed by atoms with Crippen molar-refractivity contribution in [1.29, 1.82) is 0 Å². The SMILES string of the molecule is O=C(O)Cc1cc(I)ccc1Nc1c(Cl)cc(O)c(O)c1Cl. The summed E-state index contributed by atoms with van der Waals surface area (Å²) >= 11 is 14.1. The molecule has 0 fully saturated rings. The number of carbonyl (C=O) groups is 1. The number of nitrogens with one attached hydrogen (secondary N) is 1. The van der Waals surface area contributed by atoms with E-state index in [0.29, 0.717) is 11.3 Å². The van der Waals surface area contributed by atoms with Crippen LogP contribution in [0.4, 0.5) is 11.4 Å². The van der Waals surface area contributed by atoms with Crippen LogP contribution in [0, 0.1) is 3.57 Å². The first kappa shape index (κ1) is 17.0. The summed E-state index contributed by atoms with van der Waals surface area (Å²) < 4.78 is 0.880. The number of carboxylic acids is 1. The summed E-state index contributed by atoms with van der Waals surface area (Å²) in [6.45, 7) is 0. The molecule has 2 rings (SSSR count). The number of aliphatic carboxylic acids is 1. The molecule has 4 N–H and O–H groups in total. The van der Waals surface area contributed by atoms with Crippen LogP contribution < -0.4 is 5.32 Å². The van der Waals surface area contributed by atoms with Gasteiger partial charge in [0.05, 0.1) is 17.1 Å². The second kappa shape index (κ2) is 6.80. The second-order valence-corrected chi connectivity index (χ2v) is 6.44. The highest BCUT2D eigenvalue weighted by molar-refractivity contribution is 14.1. The van der Waals surface area contributed by atoms with Crippen molar-refractivity contribution in [1.82, 2.24) is 0 Å². The molecule has 0 aromatic heterocycles. The van der Waals surface area contributed by atoms with E-state index in [0.717, 1.165) is 9.64 Å². The number of benzene rings is 2. The third-order valence-corrected chi connectivity index (χ3v) is 4.18. The number of anilines is 2. The van der Waals surface area contributed by atoms with Gasteiger partial charge in [-0.15, -0.1) is 0 Å². The predicted molar refractivity (Wildman–Crippen MR) is 93.6 cm³/mol. The van der Waals surface area contributed by atoms with E-state index >= 15 is 0 Å². The quantitative estimate of drug-likeness (QED) is 0.313. The fourth-order valence-corrected chi connectivity index (χ4v) is 2.93. The molecule has 0 heterocycles. The minimum atomic E-state index is -0.976. The number of hydrogen-bond acceptors (Lipinski definition) is 4. The maximum Gasteiger partial charge on any atom is 0.307 e. The Labute approximate surface area is 149 Å². The lowest BCUT2D eigenvalue weighted by atomic mass is 10.1. The van der Waals surface area contributed by atoms with Gasteiger partial charge >= 0.3 is 5.97 Å². The van der Waals surface area contributed by atoms with Crippen LogP contribution in [0.1, 0.15) is 5.56 Å². The molecule has 0 saturated carbocycles. The molecule has 0 spiro atoms. The van der Waals surface area contributed by atoms with E-state index in [2.05, 4.69) is 27.9 Å². The molecule has 0 aliphatic rings. The largest absolute Gasteiger partial charge is 0.504 e. The summed E-state index contributed by atoms with van der Waals surface area (Å²) in [6.07, 6.45) is -0.182. The molecule has 8 heteroatoms. The number of hydrogen-bond donors (Lipinski definition) is 4. The Morgan fingerprint density at radius 1 is 1.23 bits per heavy atom. The van der Waals surface area contributed by atoms with Gasteiger partial charge in [-0.2, -0.15) is 0 Å². The fraction of sp³-hybridized carbons (Fsp3) is 0.0714. The van der Waals surface area contributed by atoms with Gasteiger partial charge in [-0.3, -0.25) is 4.79 Å². The van der Waals surface area contributed by atoms with Gasteiger partial charge in [0.15, 0.2) is 11.5 Å². The third kappa shape index (κ3) is 3.68. The van der Waals surface area contributed by atoms with Crippen molar-refractivity contribution < 1.29 is 20.1 Å². The zero-order valence-electron chi connectivity index (χ0n) is 10.9. The monoisotopic (exact) mass is 453 g/mol. The molecular formula is C14H10Cl2INO4. The summed E-state index contributed by atoms with van der Waals surface area (Å²) in [7, 11) is 0. The summed E-state index contributed by atoms with van der Waals surface area (Å²) in [5.41, 5.74) is 1.22. The Kier molecular flexibility index (Phi) is 5.25. The lowest BCUT2D eigenvalue weighted by molar-refractivity contribution is -0.136. The molecule has 0 unspecified atom stereocenters. The maximum absolute atomic E-state index is 11.0. The van der Waals surface area contributed by atoms with Gasteiger partial charge in [-0.05, 0) is 46.4 Å². The van der Waals surface area contributed by atoms with Gasteiger partial charge in [-0.1, -0.05) is 23.2 Å². The number of rotatable bonds is 4. The van der Waals surface area contributed by atoms with E-state index in [1.54, 1.807) is 18.2 Å². The van der Waals surface area contributed by atoms with E-state index in [4.69, 9.17) is 28.3 Å². The van der Waals surface area contributed by atoms with Gasteiger partial charge in [0.25, 0.3) is 0 Å². The fourth-order valence-electron chi connectivity index (χ4n) is 1.84. The molecule has 5 nitrogen and oxygen atoms in total. The maximum atomic E-state index is 11.0. The Bertz CT molecular complexity index is 752. The van der Waals surface area contributed by atoms with Crippen LogP contribution in [0.5, 0.6) is 11.5 Å². The zero-order valence-corrected chi connectivity index (χ0v) is 14.6. The number of phenolic OH excluding ortho intramolecular Hbond substituents is 2. The molecule has 2 aromatic rings. The first-order valence-corrected chi connectivity index (χ1v) is 7.80. The molecule has 22 heavy (non-hydrogen) atoms. The minimum absolute atomic E-state index is 0.0973. The van der Waals surface area contributed by atoms with Crippen molar-refractivity contribution in [3.63, 3.8) is 0 Å². The van der Waals surface area contributed by atoms with Crippen LogP contribution in [0.25, 0.3) is 0 Å². The highest BCUT2D eigenvalue weighted by atomic mass is 127. The topological polar surface area (TPSA) is 89.8 Å². The van der Waals surface area contributed by atoms with Gasteiger partial charge in [-0.25, -0.2) is 0 Å². The van der Waals surface area contributed by atoms with Crippen molar-refractivity contribution in [3.05, 3.63) is 43.4 Å². The normalized spacial score (nSPS) is 10.5. The van der Waals surface area contributed by atoms with E-state index < -0.39 is 17.5 Å². The van der Waals surface area contributed by atoms with Crippen LogP contribution >= 0.6 is 45.8 Å². The van der Waals surface area contributed by atoms with E-state index in [-0.39, 0.29) is 22.2 Å². The molecule has 0 radical (unpaired) electrons. The first-order valence-electron chi connectivity index (χ1n) is 5.96. The average Bonchev–Trinajstić information content (AvgIpc) is 2.42. The summed E-state index contributed by atoms with van der Waals surface area (Å²) in [4.78, 5) is 11.0. The average molecular weight is 454 g/mol. The molecule has 2 aromatic carbocycles. The highest BCUT2D eigenvalue weighted by Gasteiger charge is 2.17. The van der Waals surface area contributed by atoms with Gasteiger partial charge in [0.2, 0.25) is 0 Å². The molecular weight excluding hydrogens is 444 g/mol. The number of halogens is 3. The number of carboxylic acid groups (broad SMARTS) is 1. The van der Waals surface area contributed by atoms with Crippen molar-refractivity contribution in [2.75, 3.05) is 5.32 Å². The van der Waals surface area contributed by atoms with Gasteiger partial charge < -0.3 is 20.6 Å². The Balaban J connectivity index is 2.48. The van der Waals surface area contributed by atoms with Crippen molar-refractivity contribution in [3.8, 4) is 11.5 Å². The number of phenols is 2. The summed E-state index contributed by atoms with van der Waals surface area (Å²) in [6, 6.07) is 6.35. The number of aromatic hydroxyl groups is 2. The molecule has 0 saturated heterocycles. The van der Waals surface area contributed by atoms with Crippen molar-refractivity contribution >= 4 is 63.1 Å². The van der Waals surface area contributed by atoms with Gasteiger partial charge in [0.1, 0.15) is 5.02 Å². The van der Waals surface area contributed by atoms with Gasteiger partial charge in [0, 0.05) is 15.3 Å². The molecule has 116 valence electrons. The lowest BCUT2D eigenvalue weighted by Gasteiger charge is -2.15. The molecule has 0 bridgehead atoms. The van der Waals surface area contributed by atoms with Crippen molar-refractivity contribution in [2.24, 2.45) is 0 Å². The Morgan fingerprint density at radius 2 is 1.91 bits per heavy atom. The molecule has 0 amide bonds. The minimum Gasteiger partial charge on any atom is -0.504 e. The second-order valence-electron chi connectivity index (χ2n) is 4.41. The summed E-state index contributed by atoms with van der Waals surface area (Å²) in [5, 5.41) is 31.0. The lowest BCUT2D eigenvalue weighted by Crippen LogP contribution is -2.04. The van der Waals surface area contributed by atoms with E-state index in [1.165, 1.54) is 0 Å². The molecule has 0 aliphatic carbocycles. The third-order valence-electron chi connectivity index (χ3n) is 2.84. The van der Waals surface area contributed by atoms with Crippen LogP contribution in [-0.4, -0.2) is 21.3 Å². The summed E-state index contributed by atoms with van der Waals surface area (Å²) in [5.74, 6) is -1.91. The zero-order chi connectivity index (χ0) is 16.4. The van der Waals surface area contributed by atoms with E-state index in [9.17, 15) is 15.0 Å². The smallest absolute Gasteiger partial charge is 0.307 e. The van der Waals surface area contributed by atoms with Crippen molar-refractivity contribution in [2.45, 2.75) is 6.42 Å². The molecule has 0 aliphatic heterocycles. The highest BCUT2D eigenvalue weighted by Crippen LogP contribution is 2.44. The van der Waals surface area contributed by atoms with Crippen LogP contribution in [-0.2, 0) is 11.2 Å². The Hall–Kier alpha value is -1.38. The predicted octanol–water partition coefficient (Wildman–Crippen LogP) is 4.38. The van der Waals surface area contributed by atoms with Crippen LogP contribution in [0.3, 0.4) is 0 Å². The molecule has 0 atom stereocenters. The standard InChI is InChI=1S/C14H10Cl2INO4/c15-8-5-10(19)14(22)12(16)13(8)18-9-2-1-7(17)3-6(9)4-11(20)21/h1-3,5,18-19,22H,4H2,(H,20,21).